The molecular formula is C12H4N6S2. The first-order valence-corrected chi connectivity index (χ1v) is 6.87. The van der Waals surface area contributed by atoms with Crippen molar-refractivity contribution < 1.29 is 0 Å². The molecule has 20 heavy (non-hydrogen) atoms. The summed E-state index contributed by atoms with van der Waals surface area (Å²) in [7, 11) is 0. The van der Waals surface area contributed by atoms with Gasteiger partial charge in [0.25, 0.3) is 0 Å². The Balaban J connectivity index is 2.32. The summed E-state index contributed by atoms with van der Waals surface area (Å²) >= 11 is 2.42. The van der Waals surface area contributed by atoms with E-state index >= 15 is 0 Å². The molecule has 0 N–H and O–H groups in total. The van der Waals surface area contributed by atoms with Crippen molar-refractivity contribution in [1.29, 1.82) is 21.0 Å². The average Bonchev–Trinajstić information content (AvgIpc) is 3.11. The fraction of sp³-hybridized carbons (Fsp3) is 0.167. The van der Waals surface area contributed by atoms with Gasteiger partial charge in [-0.15, -0.1) is 22.7 Å². The van der Waals surface area contributed by atoms with Crippen LogP contribution in [0.3, 0.4) is 0 Å². The molecule has 6 nitrogen and oxygen atoms in total. The topological polar surface area (TPSA) is 121 Å². The third-order valence-electron chi connectivity index (χ3n) is 2.32. The molecule has 2 heterocycles. The first-order valence-electron chi connectivity index (χ1n) is 5.23. The molecule has 0 radical (unpaired) electrons. The highest BCUT2D eigenvalue weighted by Gasteiger charge is 2.18. The van der Waals surface area contributed by atoms with Crippen LogP contribution < -0.4 is 0 Å². The van der Waals surface area contributed by atoms with Crippen LogP contribution in [0.15, 0.2) is 12.4 Å². The van der Waals surface area contributed by atoms with Gasteiger partial charge >= 0.3 is 0 Å². The summed E-state index contributed by atoms with van der Waals surface area (Å²) in [6.45, 7) is 0. The van der Waals surface area contributed by atoms with E-state index < -0.39 is 11.8 Å². The summed E-state index contributed by atoms with van der Waals surface area (Å²) in [5, 5.41) is 36.4. The zero-order valence-electron chi connectivity index (χ0n) is 9.81. The molecular weight excluding hydrogens is 292 g/mol. The fourth-order valence-electron chi connectivity index (χ4n) is 1.35. The van der Waals surface area contributed by atoms with E-state index in [0.717, 1.165) is 0 Å². The van der Waals surface area contributed by atoms with Crippen molar-refractivity contribution in [3.05, 3.63) is 22.1 Å². The van der Waals surface area contributed by atoms with E-state index in [1.165, 1.54) is 35.1 Å². The number of rotatable bonds is 3. The van der Waals surface area contributed by atoms with Crippen molar-refractivity contribution in [2.45, 2.75) is 11.8 Å². The Morgan fingerprint density at radius 2 is 1.10 bits per heavy atom. The molecule has 2 rings (SSSR count). The van der Waals surface area contributed by atoms with Crippen LogP contribution >= 0.6 is 22.7 Å². The molecule has 0 saturated carbocycles. The van der Waals surface area contributed by atoms with Crippen LogP contribution in [0.2, 0.25) is 0 Å². The van der Waals surface area contributed by atoms with Crippen LogP contribution in [0.4, 0.5) is 0 Å². The monoisotopic (exact) mass is 296 g/mol. The summed E-state index contributed by atoms with van der Waals surface area (Å²) in [5.74, 6) is -1.68. The van der Waals surface area contributed by atoms with E-state index in [4.69, 9.17) is 21.0 Å². The average molecular weight is 296 g/mol. The summed E-state index contributed by atoms with van der Waals surface area (Å²) in [4.78, 5) is 9.36. The highest BCUT2D eigenvalue weighted by atomic mass is 32.1. The van der Waals surface area contributed by atoms with E-state index in [9.17, 15) is 0 Å². The lowest BCUT2D eigenvalue weighted by atomic mass is 10.2. The van der Waals surface area contributed by atoms with Gasteiger partial charge in [0.1, 0.15) is 0 Å². The SMILES string of the molecule is N#CC(C#N)c1cnc(-c2ncc(C(C#N)C#N)s2)s1. The number of hydrogen-bond acceptors (Lipinski definition) is 8. The molecule has 0 bridgehead atoms. The maximum absolute atomic E-state index is 8.82. The van der Waals surface area contributed by atoms with Crippen molar-refractivity contribution in [2.75, 3.05) is 0 Å². The smallest absolute Gasteiger partial charge is 0.168 e. The fourth-order valence-corrected chi connectivity index (χ4v) is 3.19. The van der Waals surface area contributed by atoms with Gasteiger partial charge < -0.3 is 0 Å². The van der Waals surface area contributed by atoms with Crippen LogP contribution in [-0.2, 0) is 0 Å². The Morgan fingerprint density at radius 3 is 1.40 bits per heavy atom. The normalized spacial score (nSPS) is 9.70. The van der Waals surface area contributed by atoms with Crippen LogP contribution in [-0.4, -0.2) is 9.97 Å². The zero-order chi connectivity index (χ0) is 14.5. The van der Waals surface area contributed by atoms with Crippen molar-refractivity contribution >= 4 is 22.7 Å². The Bertz CT molecular complexity index is 695. The number of nitrogens with zero attached hydrogens (tertiary/aromatic N) is 6. The van der Waals surface area contributed by atoms with Crippen LogP contribution in [0.1, 0.15) is 21.6 Å². The Morgan fingerprint density at radius 1 is 0.750 bits per heavy atom. The lowest BCUT2D eigenvalue weighted by Gasteiger charge is -1.91. The number of hydrogen-bond donors (Lipinski definition) is 0. The summed E-state index contributed by atoms with van der Waals surface area (Å²) in [5.41, 5.74) is 0. The van der Waals surface area contributed by atoms with Gasteiger partial charge in [0, 0.05) is 12.4 Å². The molecule has 0 unspecified atom stereocenters. The van der Waals surface area contributed by atoms with E-state index in [0.29, 0.717) is 19.8 Å². The van der Waals surface area contributed by atoms with Gasteiger partial charge in [-0.1, -0.05) is 0 Å². The van der Waals surface area contributed by atoms with Crippen LogP contribution in [0, 0.1) is 45.3 Å². The summed E-state index contributed by atoms with van der Waals surface area (Å²) in [6.07, 6.45) is 2.95. The lowest BCUT2D eigenvalue weighted by molar-refractivity contribution is 1.12. The highest BCUT2D eigenvalue weighted by Crippen LogP contribution is 2.33. The van der Waals surface area contributed by atoms with Crippen molar-refractivity contribution in [3.8, 4) is 34.3 Å². The second-order valence-corrected chi connectivity index (χ2v) is 5.64. The Labute approximate surface area is 122 Å². The first-order chi connectivity index (χ1) is 9.73. The molecule has 2 aromatic heterocycles. The quantitative estimate of drug-likeness (QED) is 0.857. The maximum atomic E-state index is 8.82. The van der Waals surface area contributed by atoms with Gasteiger partial charge in [-0.25, -0.2) is 9.97 Å². The predicted octanol–water partition coefficient (Wildman–Crippen LogP) is 2.53. The maximum Gasteiger partial charge on any atom is 0.168 e. The van der Waals surface area contributed by atoms with E-state index in [1.807, 2.05) is 24.3 Å². The van der Waals surface area contributed by atoms with Gasteiger partial charge in [-0.2, -0.15) is 21.0 Å². The molecule has 0 fully saturated rings. The molecule has 8 heteroatoms. The van der Waals surface area contributed by atoms with Gasteiger partial charge in [0.2, 0.25) is 0 Å². The van der Waals surface area contributed by atoms with Crippen LogP contribution in [0.5, 0.6) is 0 Å². The van der Waals surface area contributed by atoms with Gasteiger partial charge in [-0.05, 0) is 0 Å². The minimum Gasteiger partial charge on any atom is -0.242 e. The van der Waals surface area contributed by atoms with Crippen molar-refractivity contribution in [2.24, 2.45) is 0 Å². The minimum atomic E-state index is -0.841. The first kappa shape index (κ1) is 13.6. The summed E-state index contributed by atoms with van der Waals surface area (Å²) in [6, 6.07) is 7.52. The van der Waals surface area contributed by atoms with Gasteiger partial charge in [0.15, 0.2) is 21.9 Å². The van der Waals surface area contributed by atoms with Crippen molar-refractivity contribution in [1.82, 2.24) is 9.97 Å². The lowest BCUT2D eigenvalue weighted by Crippen LogP contribution is -1.85. The molecule has 0 atom stereocenters. The van der Waals surface area contributed by atoms with Crippen LogP contribution in [0.25, 0.3) is 10.0 Å². The largest absolute Gasteiger partial charge is 0.242 e. The molecule has 0 saturated heterocycles. The molecule has 0 aromatic carbocycles. The predicted molar refractivity (Wildman–Crippen MR) is 71.2 cm³/mol. The second-order valence-electron chi connectivity index (χ2n) is 3.52. The standard InChI is InChI=1S/C12H4N6S2/c13-1-7(2-14)9-5-17-11(19-9)12-18-6-10(20-12)8(3-15)4-16/h5-8H. The molecule has 0 aliphatic heterocycles. The van der Waals surface area contributed by atoms with E-state index in [-0.39, 0.29) is 0 Å². The van der Waals surface area contributed by atoms with Gasteiger partial charge in [0.05, 0.1) is 34.0 Å². The van der Waals surface area contributed by atoms with E-state index in [2.05, 4.69) is 9.97 Å². The van der Waals surface area contributed by atoms with Crippen molar-refractivity contribution in [3.63, 3.8) is 0 Å². The molecule has 0 amide bonds. The molecule has 94 valence electrons. The Hall–Kier alpha value is -2.78. The molecule has 0 spiro atoms. The van der Waals surface area contributed by atoms with E-state index in [1.54, 1.807) is 0 Å². The number of thiazole rings is 2. The van der Waals surface area contributed by atoms with Gasteiger partial charge in [-0.3, -0.25) is 0 Å². The highest BCUT2D eigenvalue weighted by molar-refractivity contribution is 7.21. The summed E-state index contributed by atoms with van der Waals surface area (Å²) < 4.78 is 0. The molecule has 0 aliphatic rings. The molecule has 0 aliphatic carbocycles. The molecule has 2 aromatic rings. The third-order valence-corrected chi connectivity index (χ3v) is 4.58. The number of nitriles is 4. The zero-order valence-corrected chi connectivity index (χ0v) is 11.4. The Kier molecular flexibility index (Phi) is 4.03. The number of aromatic nitrogens is 2. The second kappa shape index (κ2) is 5.91. The minimum absolute atomic E-state index is 0.555. The third kappa shape index (κ3) is 2.48.